The van der Waals surface area contributed by atoms with E-state index in [1.165, 1.54) is 12.1 Å². The summed E-state index contributed by atoms with van der Waals surface area (Å²) < 4.78 is 26.7. The lowest BCUT2D eigenvalue weighted by molar-refractivity contribution is 0.0697. The monoisotopic (exact) mass is 353 g/mol. The largest absolute Gasteiger partial charge is 0.478 e. The molecule has 2 N–H and O–H groups in total. The normalized spacial score (nSPS) is 11.6. The van der Waals surface area contributed by atoms with Gasteiger partial charge in [0.1, 0.15) is 4.90 Å². The van der Waals surface area contributed by atoms with Crippen molar-refractivity contribution in [1.29, 1.82) is 0 Å². The summed E-state index contributed by atoms with van der Waals surface area (Å²) in [6.07, 6.45) is 3.72. The second kappa shape index (κ2) is 7.98. The standard InChI is InChI=1S/C13H17Cl2NO4S/c1-2-3-4-5-8-16-21(19,20)10-7-6-9(14)11(12(10)15)13(17)18/h6-7,16H,2-5,8H2,1H3,(H,17,18). The molecule has 1 aromatic rings. The molecule has 0 saturated heterocycles. The van der Waals surface area contributed by atoms with E-state index in [0.717, 1.165) is 19.3 Å². The van der Waals surface area contributed by atoms with Gasteiger partial charge in [-0.25, -0.2) is 17.9 Å². The van der Waals surface area contributed by atoms with Gasteiger partial charge < -0.3 is 5.11 Å². The number of sulfonamides is 1. The number of aromatic carboxylic acids is 1. The summed E-state index contributed by atoms with van der Waals surface area (Å²) in [7, 11) is -3.85. The van der Waals surface area contributed by atoms with Crippen LogP contribution in [0.3, 0.4) is 0 Å². The van der Waals surface area contributed by atoms with Gasteiger partial charge in [0, 0.05) is 6.54 Å². The zero-order valence-electron chi connectivity index (χ0n) is 11.5. The van der Waals surface area contributed by atoms with Crippen LogP contribution in [-0.2, 0) is 10.0 Å². The summed E-state index contributed by atoms with van der Waals surface area (Å²) in [4.78, 5) is 10.8. The summed E-state index contributed by atoms with van der Waals surface area (Å²) in [5.74, 6) is -1.37. The Bertz CT molecular complexity index is 617. The third-order valence-corrected chi connectivity index (χ3v) is 5.20. The van der Waals surface area contributed by atoms with Crippen molar-refractivity contribution in [2.24, 2.45) is 0 Å². The molecule has 0 fully saturated rings. The smallest absolute Gasteiger partial charge is 0.338 e. The number of carboxylic acids is 1. The molecule has 0 amide bonds. The lowest BCUT2D eigenvalue weighted by atomic mass is 10.2. The van der Waals surface area contributed by atoms with Gasteiger partial charge in [-0.15, -0.1) is 0 Å². The van der Waals surface area contributed by atoms with Crippen molar-refractivity contribution in [3.05, 3.63) is 27.7 Å². The molecule has 1 rings (SSSR count). The predicted molar refractivity (Wildman–Crippen MR) is 82.8 cm³/mol. The molecule has 0 atom stereocenters. The molecule has 1 aromatic carbocycles. The van der Waals surface area contributed by atoms with Crippen LogP contribution in [0.2, 0.25) is 10.0 Å². The van der Waals surface area contributed by atoms with Gasteiger partial charge >= 0.3 is 5.97 Å². The van der Waals surface area contributed by atoms with Gasteiger partial charge in [0.15, 0.2) is 0 Å². The van der Waals surface area contributed by atoms with Crippen LogP contribution >= 0.6 is 23.2 Å². The molecule has 21 heavy (non-hydrogen) atoms. The van der Waals surface area contributed by atoms with Gasteiger partial charge in [-0.1, -0.05) is 49.4 Å². The van der Waals surface area contributed by atoms with E-state index in [0.29, 0.717) is 6.42 Å². The van der Waals surface area contributed by atoms with Gasteiger partial charge in [-0.3, -0.25) is 0 Å². The van der Waals surface area contributed by atoms with Crippen molar-refractivity contribution in [3.8, 4) is 0 Å². The van der Waals surface area contributed by atoms with Crippen molar-refractivity contribution in [2.75, 3.05) is 6.54 Å². The first-order chi connectivity index (χ1) is 9.81. The molecule has 0 radical (unpaired) electrons. The van der Waals surface area contributed by atoms with Crippen LogP contribution in [-0.4, -0.2) is 26.0 Å². The zero-order chi connectivity index (χ0) is 16.0. The topological polar surface area (TPSA) is 83.5 Å². The molecule has 0 spiro atoms. The molecule has 0 aromatic heterocycles. The number of hydrogen-bond donors (Lipinski definition) is 2. The first-order valence-corrected chi connectivity index (χ1v) is 8.76. The Kier molecular flexibility index (Phi) is 6.93. The minimum atomic E-state index is -3.85. The van der Waals surface area contributed by atoms with E-state index in [1.54, 1.807) is 0 Å². The Labute approximate surface area is 134 Å². The van der Waals surface area contributed by atoms with Crippen LogP contribution in [0.15, 0.2) is 17.0 Å². The molecule has 118 valence electrons. The molecule has 0 aliphatic heterocycles. The van der Waals surface area contributed by atoms with E-state index < -0.39 is 21.6 Å². The number of hydrogen-bond acceptors (Lipinski definition) is 3. The van der Waals surface area contributed by atoms with E-state index in [2.05, 4.69) is 11.6 Å². The second-order valence-corrected chi connectivity index (χ2v) is 7.02. The first-order valence-electron chi connectivity index (χ1n) is 6.52. The first kappa shape index (κ1) is 18.2. The Hall–Kier alpha value is -0.820. The van der Waals surface area contributed by atoms with Gasteiger partial charge in [0.25, 0.3) is 0 Å². The predicted octanol–water partition coefficient (Wildman–Crippen LogP) is 3.55. The highest BCUT2D eigenvalue weighted by Gasteiger charge is 2.24. The number of rotatable bonds is 8. The average Bonchev–Trinajstić information content (AvgIpc) is 2.37. The molecule has 0 aliphatic carbocycles. The Balaban J connectivity index is 2.94. The maximum atomic E-state index is 12.1. The number of carbonyl (C=O) groups is 1. The Morgan fingerprint density at radius 2 is 1.90 bits per heavy atom. The van der Waals surface area contributed by atoms with Gasteiger partial charge in [0.2, 0.25) is 10.0 Å². The minimum Gasteiger partial charge on any atom is -0.478 e. The zero-order valence-corrected chi connectivity index (χ0v) is 13.9. The maximum absolute atomic E-state index is 12.1. The van der Waals surface area contributed by atoms with Crippen LogP contribution in [0, 0.1) is 0 Å². The molecule has 0 saturated carbocycles. The van der Waals surface area contributed by atoms with Crippen molar-refractivity contribution >= 4 is 39.2 Å². The molecule has 5 nitrogen and oxygen atoms in total. The van der Waals surface area contributed by atoms with E-state index in [9.17, 15) is 13.2 Å². The van der Waals surface area contributed by atoms with E-state index >= 15 is 0 Å². The van der Waals surface area contributed by atoms with Crippen molar-refractivity contribution in [3.63, 3.8) is 0 Å². The number of nitrogens with one attached hydrogen (secondary N) is 1. The number of unbranched alkanes of at least 4 members (excludes halogenated alkanes) is 3. The highest BCUT2D eigenvalue weighted by molar-refractivity contribution is 7.89. The van der Waals surface area contributed by atoms with Gasteiger partial charge in [-0.2, -0.15) is 0 Å². The number of halogens is 2. The molecular weight excluding hydrogens is 337 g/mol. The van der Waals surface area contributed by atoms with Crippen LogP contribution in [0.25, 0.3) is 0 Å². The molecule has 8 heteroatoms. The Morgan fingerprint density at radius 1 is 1.24 bits per heavy atom. The maximum Gasteiger partial charge on any atom is 0.338 e. The molecule has 0 unspecified atom stereocenters. The van der Waals surface area contributed by atoms with Crippen LogP contribution < -0.4 is 4.72 Å². The highest BCUT2D eigenvalue weighted by Crippen LogP contribution is 2.30. The minimum absolute atomic E-state index is 0.102. The summed E-state index contributed by atoms with van der Waals surface area (Å²) in [6.45, 7) is 2.34. The summed E-state index contributed by atoms with van der Waals surface area (Å²) in [5.41, 5.74) is -0.410. The van der Waals surface area contributed by atoms with Crippen LogP contribution in [0.5, 0.6) is 0 Å². The highest BCUT2D eigenvalue weighted by atomic mass is 35.5. The van der Waals surface area contributed by atoms with E-state index in [-0.39, 0.29) is 21.5 Å². The summed E-state index contributed by atoms with van der Waals surface area (Å²) >= 11 is 11.6. The third kappa shape index (κ3) is 4.85. The number of carboxylic acid groups (broad SMARTS) is 1. The second-order valence-electron chi connectivity index (χ2n) is 4.50. The quantitative estimate of drug-likeness (QED) is 0.700. The lowest BCUT2D eigenvalue weighted by Gasteiger charge is -2.10. The van der Waals surface area contributed by atoms with Crippen molar-refractivity contribution in [1.82, 2.24) is 4.72 Å². The van der Waals surface area contributed by atoms with Gasteiger partial charge in [-0.05, 0) is 18.6 Å². The van der Waals surface area contributed by atoms with Crippen LogP contribution in [0.1, 0.15) is 43.0 Å². The van der Waals surface area contributed by atoms with E-state index in [1.807, 2.05) is 0 Å². The third-order valence-electron chi connectivity index (χ3n) is 2.88. The fourth-order valence-electron chi connectivity index (χ4n) is 1.77. The fourth-order valence-corrected chi connectivity index (χ4v) is 3.76. The molecular formula is C13H17Cl2NO4S. The van der Waals surface area contributed by atoms with Crippen LogP contribution in [0.4, 0.5) is 0 Å². The fraction of sp³-hybridized carbons (Fsp3) is 0.462. The van der Waals surface area contributed by atoms with E-state index in [4.69, 9.17) is 28.3 Å². The molecule has 0 heterocycles. The molecule has 0 aliphatic rings. The Morgan fingerprint density at radius 3 is 2.48 bits per heavy atom. The average molecular weight is 354 g/mol. The van der Waals surface area contributed by atoms with Gasteiger partial charge in [0.05, 0.1) is 15.6 Å². The summed E-state index contributed by atoms with van der Waals surface area (Å²) in [6, 6.07) is 2.41. The van der Waals surface area contributed by atoms with Crippen molar-refractivity contribution in [2.45, 2.75) is 37.5 Å². The molecule has 0 bridgehead atoms. The SMILES string of the molecule is CCCCCCNS(=O)(=O)c1ccc(Cl)c(C(=O)O)c1Cl. The summed E-state index contributed by atoms with van der Waals surface area (Å²) in [5, 5.41) is 8.54. The number of benzene rings is 1. The lowest BCUT2D eigenvalue weighted by Crippen LogP contribution is -2.25. The van der Waals surface area contributed by atoms with Crippen molar-refractivity contribution < 1.29 is 18.3 Å².